The minimum atomic E-state index is -0.918. The highest BCUT2D eigenvalue weighted by molar-refractivity contribution is 6.18. The second-order valence-electron chi connectivity index (χ2n) is 5.45. The Morgan fingerprint density at radius 1 is 1.24 bits per heavy atom. The number of halogens is 1. The average Bonchev–Trinajstić information content (AvgIpc) is 3.10. The Bertz CT molecular complexity index is 812. The minimum absolute atomic E-state index is 0.0377. The van der Waals surface area contributed by atoms with E-state index in [1.807, 2.05) is 0 Å². The van der Waals surface area contributed by atoms with Gasteiger partial charge in [0.25, 0.3) is 0 Å². The number of rotatable bonds is 4. The van der Waals surface area contributed by atoms with E-state index in [1.165, 1.54) is 26.5 Å². The molecule has 0 aliphatic carbocycles. The van der Waals surface area contributed by atoms with Gasteiger partial charge in [0.2, 0.25) is 0 Å². The summed E-state index contributed by atoms with van der Waals surface area (Å²) in [6.45, 7) is 2.51. The molecule has 0 unspecified atom stereocenters. The van der Waals surface area contributed by atoms with E-state index < -0.39 is 36.5 Å². The number of carbonyl (C=O) groups is 2. The molecule has 2 aromatic rings. The predicted molar refractivity (Wildman–Crippen MR) is 85.5 cm³/mol. The summed E-state index contributed by atoms with van der Waals surface area (Å²) in [7, 11) is 0. The van der Waals surface area contributed by atoms with Crippen molar-refractivity contribution in [3.05, 3.63) is 12.7 Å². The number of ether oxygens (including phenoxy) is 3. The first-order valence-electron chi connectivity index (χ1n) is 7.41. The summed E-state index contributed by atoms with van der Waals surface area (Å²) >= 11 is 5.93. The van der Waals surface area contributed by atoms with Crippen LogP contribution in [0.1, 0.15) is 20.1 Å². The fourth-order valence-corrected chi connectivity index (χ4v) is 3.01. The van der Waals surface area contributed by atoms with Crippen molar-refractivity contribution >= 4 is 40.5 Å². The fourth-order valence-electron chi connectivity index (χ4n) is 2.76. The Balaban J connectivity index is 2.04. The van der Waals surface area contributed by atoms with E-state index in [1.54, 1.807) is 4.57 Å². The average molecular weight is 370 g/mol. The number of fused-ring (bicyclic) bond motifs is 1. The van der Waals surface area contributed by atoms with Gasteiger partial charge in [-0.3, -0.25) is 14.2 Å². The highest BCUT2D eigenvalue weighted by atomic mass is 35.5. The van der Waals surface area contributed by atoms with Crippen LogP contribution in [0.5, 0.6) is 0 Å². The van der Waals surface area contributed by atoms with Crippen molar-refractivity contribution in [1.29, 1.82) is 0 Å². The SMILES string of the molecule is CC(=O)O[C@@H]1[C@H](OC(C)=O)[C@@H](CCl)O[C@H]1n1cnc2c(N)ncnc21. The number of hydrogen-bond donors (Lipinski definition) is 1. The summed E-state index contributed by atoms with van der Waals surface area (Å²) < 4.78 is 18.0. The molecule has 1 aliphatic rings. The van der Waals surface area contributed by atoms with Crippen LogP contribution in [-0.2, 0) is 23.8 Å². The van der Waals surface area contributed by atoms with E-state index in [4.69, 9.17) is 31.5 Å². The van der Waals surface area contributed by atoms with Crippen LogP contribution < -0.4 is 5.73 Å². The number of nitrogens with zero attached hydrogens (tertiary/aromatic N) is 4. The van der Waals surface area contributed by atoms with Crippen molar-refractivity contribution in [2.24, 2.45) is 0 Å². The lowest BCUT2D eigenvalue weighted by Gasteiger charge is -2.23. The molecule has 3 heterocycles. The number of alkyl halides is 1. The normalized spacial score (nSPS) is 25.9. The highest BCUT2D eigenvalue weighted by Gasteiger charge is 2.50. The second-order valence-corrected chi connectivity index (χ2v) is 5.76. The molecule has 25 heavy (non-hydrogen) atoms. The number of nitrogens with two attached hydrogens (primary N) is 1. The molecular formula is C14H16ClN5O5. The molecule has 1 aliphatic heterocycles. The van der Waals surface area contributed by atoms with Gasteiger partial charge in [-0.2, -0.15) is 0 Å². The molecule has 0 spiro atoms. The molecule has 0 radical (unpaired) electrons. The summed E-state index contributed by atoms with van der Waals surface area (Å²) in [6, 6.07) is 0. The van der Waals surface area contributed by atoms with Crippen molar-refractivity contribution in [2.75, 3.05) is 11.6 Å². The third-order valence-corrected chi connectivity index (χ3v) is 4.01. The van der Waals surface area contributed by atoms with Gasteiger partial charge in [-0.25, -0.2) is 15.0 Å². The zero-order valence-electron chi connectivity index (χ0n) is 13.5. The van der Waals surface area contributed by atoms with Crippen molar-refractivity contribution in [3.63, 3.8) is 0 Å². The van der Waals surface area contributed by atoms with E-state index in [2.05, 4.69) is 15.0 Å². The molecular weight excluding hydrogens is 354 g/mol. The molecule has 0 saturated carbocycles. The Morgan fingerprint density at radius 2 is 1.92 bits per heavy atom. The number of anilines is 1. The van der Waals surface area contributed by atoms with Crippen LogP contribution in [-0.4, -0.2) is 55.6 Å². The van der Waals surface area contributed by atoms with Crippen LogP contribution >= 0.6 is 11.6 Å². The maximum atomic E-state index is 11.5. The quantitative estimate of drug-likeness (QED) is 0.600. The van der Waals surface area contributed by atoms with Crippen LogP contribution in [0, 0.1) is 0 Å². The minimum Gasteiger partial charge on any atom is -0.456 e. The van der Waals surface area contributed by atoms with Crippen molar-refractivity contribution in [2.45, 2.75) is 38.4 Å². The molecule has 0 bridgehead atoms. The van der Waals surface area contributed by atoms with E-state index in [-0.39, 0.29) is 11.7 Å². The Hall–Kier alpha value is -2.46. The van der Waals surface area contributed by atoms with Gasteiger partial charge in [-0.05, 0) is 0 Å². The molecule has 3 rings (SSSR count). The molecule has 134 valence electrons. The van der Waals surface area contributed by atoms with Gasteiger partial charge in [0.15, 0.2) is 29.9 Å². The van der Waals surface area contributed by atoms with Crippen molar-refractivity contribution in [3.8, 4) is 0 Å². The molecule has 11 heteroatoms. The smallest absolute Gasteiger partial charge is 0.303 e. The van der Waals surface area contributed by atoms with E-state index in [0.717, 1.165) is 0 Å². The third-order valence-electron chi connectivity index (χ3n) is 3.70. The topological polar surface area (TPSA) is 131 Å². The first-order valence-corrected chi connectivity index (χ1v) is 7.94. The number of nitrogen functional groups attached to an aromatic ring is 1. The van der Waals surface area contributed by atoms with Gasteiger partial charge < -0.3 is 19.9 Å². The molecule has 1 fully saturated rings. The largest absolute Gasteiger partial charge is 0.456 e. The molecule has 2 N–H and O–H groups in total. The lowest BCUT2D eigenvalue weighted by molar-refractivity contribution is -0.165. The summed E-state index contributed by atoms with van der Waals surface area (Å²) in [4.78, 5) is 35.1. The zero-order chi connectivity index (χ0) is 18.1. The predicted octanol–water partition coefficient (Wildman–Crippen LogP) is 0.408. The molecule has 4 atom stereocenters. The van der Waals surface area contributed by atoms with E-state index in [9.17, 15) is 9.59 Å². The van der Waals surface area contributed by atoms with Crippen LogP contribution in [0.4, 0.5) is 5.82 Å². The summed E-state index contributed by atoms with van der Waals surface area (Å²) in [5.41, 5.74) is 6.56. The number of imidazole rings is 1. The highest BCUT2D eigenvalue weighted by Crippen LogP contribution is 2.36. The monoisotopic (exact) mass is 369 g/mol. The van der Waals surface area contributed by atoms with Crippen LogP contribution in [0.25, 0.3) is 11.2 Å². The molecule has 0 amide bonds. The van der Waals surface area contributed by atoms with Gasteiger partial charge in [-0.1, -0.05) is 0 Å². The van der Waals surface area contributed by atoms with Gasteiger partial charge in [-0.15, -0.1) is 11.6 Å². The fraction of sp³-hybridized carbons (Fsp3) is 0.500. The Kier molecular flexibility index (Phi) is 4.73. The standard InChI is InChI=1S/C14H16ClN5O5/c1-6(21)23-10-8(3-15)25-14(11(10)24-7(2)22)20-5-19-9-12(16)17-4-18-13(9)20/h4-5,8,10-11,14H,3H2,1-2H3,(H2,16,17,18)/t8-,10-,11-,14-/m1/s1. The molecule has 10 nitrogen and oxygen atoms in total. The first kappa shape index (κ1) is 17.4. The summed E-state index contributed by atoms with van der Waals surface area (Å²) in [5.74, 6) is -0.847. The number of aromatic nitrogens is 4. The first-order chi connectivity index (χ1) is 11.9. The number of carbonyl (C=O) groups excluding carboxylic acids is 2. The van der Waals surface area contributed by atoms with Gasteiger partial charge in [0.1, 0.15) is 17.9 Å². The van der Waals surface area contributed by atoms with E-state index >= 15 is 0 Å². The zero-order valence-corrected chi connectivity index (χ0v) is 14.2. The lowest BCUT2D eigenvalue weighted by atomic mass is 10.1. The molecule has 2 aromatic heterocycles. The molecule has 1 saturated heterocycles. The van der Waals surface area contributed by atoms with Crippen LogP contribution in [0.3, 0.4) is 0 Å². The van der Waals surface area contributed by atoms with Crippen LogP contribution in [0.2, 0.25) is 0 Å². The maximum Gasteiger partial charge on any atom is 0.303 e. The summed E-state index contributed by atoms with van der Waals surface area (Å²) in [6.07, 6.45) is -0.556. The summed E-state index contributed by atoms with van der Waals surface area (Å²) in [5, 5.41) is 0. The molecule has 0 aromatic carbocycles. The van der Waals surface area contributed by atoms with Gasteiger partial charge in [0, 0.05) is 13.8 Å². The number of hydrogen-bond acceptors (Lipinski definition) is 9. The van der Waals surface area contributed by atoms with Gasteiger partial charge >= 0.3 is 11.9 Å². The van der Waals surface area contributed by atoms with Crippen molar-refractivity contribution in [1.82, 2.24) is 19.5 Å². The van der Waals surface area contributed by atoms with Crippen molar-refractivity contribution < 1.29 is 23.8 Å². The maximum absolute atomic E-state index is 11.5. The van der Waals surface area contributed by atoms with E-state index in [0.29, 0.717) is 11.2 Å². The third kappa shape index (κ3) is 3.22. The van der Waals surface area contributed by atoms with Crippen LogP contribution in [0.15, 0.2) is 12.7 Å². The Morgan fingerprint density at radius 3 is 2.56 bits per heavy atom. The second kappa shape index (κ2) is 6.81. The van der Waals surface area contributed by atoms with Gasteiger partial charge in [0.05, 0.1) is 12.2 Å². The Labute approximate surface area is 147 Å². The lowest BCUT2D eigenvalue weighted by Crippen LogP contribution is -2.39. The number of esters is 2.